The smallest absolute Gasteiger partial charge is 0.162 e. The van der Waals surface area contributed by atoms with Gasteiger partial charge in [-0.25, -0.2) is 0 Å². The molecule has 4 rings (SSSR count). The van der Waals surface area contributed by atoms with Gasteiger partial charge in [-0.05, 0) is 47.7 Å². The summed E-state index contributed by atoms with van der Waals surface area (Å²) in [5.41, 5.74) is 3.63. The molecule has 0 saturated heterocycles. The van der Waals surface area contributed by atoms with Crippen LogP contribution in [0.2, 0.25) is 0 Å². The summed E-state index contributed by atoms with van der Waals surface area (Å²) in [5, 5.41) is 42.8. The van der Waals surface area contributed by atoms with E-state index in [1.165, 1.54) is 6.07 Å². The van der Waals surface area contributed by atoms with Crippen molar-refractivity contribution in [2.45, 2.75) is 31.3 Å². The molecule has 1 heterocycles. The van der Waals surface area contributed by atoms with Crippen molar-refractivity contribution in [1.29, 1.82) is 0 Å². The van der Waals surface area contributed by atoms with Crippen molar-refractivity contribution in [2.75, 3.05) is 0 Å². The fraction of sp³-hybridized carbons (Fsp3) is 0.294. The summed E-state index contributed by atoms with van der Waals surface area (Å²) in [7, 11) is 0. The predicted octanol–water partition coefficient (Wildman–Crippen LogP) is 2.06. The van der Waals surface area contributed by atoms with Crippen LogP contribution >= 0.6 is 0 Å². The Bertz CT molecular complexity index is 770. The maximum Gasteiger partial charge on any atom is 0.162 e. The van der Waals surface area contributed by atoms with Crippen LogP contribution in [0.3, 0.4) is 0 Å². The third kappa shape index (κ3) is 1.75. The Balaban J connectivity index is 1.93. The Labute approximate surface area is 127 Å². The molecule has 5 N–H and O–H groups in total. The second-order valence-corrected chi connectivity index (χ2v) is 6.04. The minimum absolute atomic E-state index is 0.00880. The molecule has 114 valence electrons. The van der Waals surface area contributed by atoms with E-state index < -0.39 is 0 Å². The summed E-state index contributed by atoms with van der Waals surface area (Å²) in [6, 6.07) is 6.79. The number of phenolic OH excluding ortho intramolecular Hbond substituents is 4. The first kappa shape index (κ1) is 13.3. The Hall–Kier alpha value is -2.40. The molecule has 0 spiro atoms. The first-order chi connectivity index (χ1) is 10.6. The topological polar surface area (TPSA) is 93.0 Å². The molecule has 2 atom stereocenters. The Morgan fingerprint density at radius 3 is 2.50 bits per heavy atom. The maximum atomic E-state index is 10.1. The molecule has 0 saturated carbocycles. The van der Waals surface area contributed by atoms with Crippen molar-refractivity contribution < 1.29 is 20.4 Å². The van der Waals surface area contributed by atoms with E-state index >= 15 is 0 Å². The number of aryl methyl sites for hydroxylation is 1. The predicted molar refractivity (Wildman–Crippen MR) is 80.3 cm³/mol. The van der Waals surface area contributed by atoms with Gasteiger partial charge in [0.1, 0.15) is 0 Å². The van der Waals surface area contributed by atoms with Crippen LogP contribution in [-0.4, -0.2) is 26.5 Å². The monoisotopic (exact) mass is 299 g/mol. The van der Waals surface area contributed by atoms with Gasteiger partial charge in [-0.1, -0.05) is 6.07 Å². The molecule has 0 unspecified atom stereocenters. The van der Waals surface area contributed by atoms with Gasteiger partial charge in [0.05, 0.1) is 0 Å². The molecule has 1 aliphatic carbocycles. The van der Waals surface area contributed by atoms with Gasteiger partial charge in [-0.3, -0.25) is 0 Å². The van der Waals surface area contributed by atoms with Crippen LogP contribution in [0.4, 0.5) is 0 Å². The third-order valence-corrected chi connectivity index (χ3v) is 4.87. The molecule has 0 amide bonds. The Kier molecular flexibility index (Phi) is 2.74. The van der Waals surface area contributed by atoms with Gasteiger partial charge in [0.25, 0.3) is 0 Å². The van der Waals surface area contributed by atoms with E-state index in [1.807, 2.05) is 6.07 Å². The lowest BCUT2D eigenvalue weighted by Gasteiger charge is -2.39. The molecule has 5 heteroatoms. The second kappa shape index (κ2) is 4.55. The zero-order valence-electron chi connectivity index (χ0n) is 11.9. The number of fused-ring (bicyclic) bond motifs is 5. The van der Waals surface area contributed by atoms with Crippen LogP contribution < -0.4 is 5.32 Å². The Morgan fingerprint density at radius 1 is 0.909 bits per heavy atom. The fourth-order valence-electron chi connectivity index (χ4n) is 3.79. The third-order valence-electron chi connectivity index (χ3n) is 4.87. The van der Waals surface area contributed by atoms with E-state index in [2.05, 4.69) is 5.32 Å². The average molecular weight is 299 g/mol. The quantitative estimate of drug-likeness (QED) is 0.480. The number of benzene rings is 2. The molecule has 0 aromatic heterocycles. The summed E-state index contributed by atoms with van der Waals surface area (Å²) in [6.07, 6.45) is 1.75. The highest BCUT2D eigenvalue weighted by Crippen LogP contribution is 2.47. The van der Waals surface area contributed by atoms with Gasteiger partial charge < -0.3 is 25.7 Å². The molecule has 5 nitrogen and oxygen atoms in total. The van der Waals surface area contributed by atoms with Crippen molar-refractivity contribution >= 4 is 0 Å². The van der Waals surface area contributed by atoms with Gasteiger partial charge in [0, 0.05) is 24.1 Å². The van der Waals surface area contributed by atoms with Crippen molar-refractivity contribution in [3.05, 3.63) is 46.5 Å². The normalized spacial score (nSPS) is 22.5. The molecule has 0 bridgehead atoms. The molecule has 1 aliphatic heterocycles. The van der Waals surface area contributed by atoms with E-state index in [1.54, 1.807) is 12.1 Å². The number of hydrogen-bond acceptors (Lipinski definition) is 5. The van der Waals surface area contributed by atoms with Crippen LogP contribution in [0.5, 0.6) is 23.0 Å². The highest BCUT2D eigenvalue weighted by atomic mass is 16.3. The van der Waals surface area contributed by atoms with E-state index in [0.29, 0.717) is 12.1 Å². The first-order valence-corrected chi connectivity index (χ1v) is 7.38. The molecular weight excluding hydrogens is 282 g/mol. The lowest BCUT2D eigenvalue weighted by molar-refractivity contribution is 0.361. The summed E-state index contributed by atoms with van der Waals surface area (Å²) < 4.78 is 0. The zero-order valence-corrected chi connectivity index (χ0v) is 11.9. The first-order valence-electron chi connectivity index (χ1n) is 7.38. The van der Waals surface area contributed by atoms with Crippen LogP contribution in [-0.2, 0) is 13.0 Å². The fourth-order valence-corrected chi connectivity index (χ4v) is 3.79. The molecule has 0 radical (unpaired) electrons. The molecule has 0 fully saturated rings. The van der Waals surface area contributed by atoms with Gasteiger partial charge in [0.15, 0.2) is 23.0 Å². The largest absolute Gasteiger partial charge is 0.504 e. The highest BCUT2D eigenvalue weighted by Gasteiger charge is 2.36. The van der Waals surface area contributed by atoms with Crippen molar-refractivity contribution in [1.82, 2.24) is 5.32 Å². The van der Waals surface area contributed by atoms with Crippen molar-refractivity contribution in [2.24, 2.45) is 0 Å². The van der Waals surface area contributed by atoms with Crippen molar-refractivity contribution in [3.8, 4) is 23.0 Å². The van der Waals surface area contributed by atoms with Crippen LogP contribution in [0.15, 0.2) is 24.3 Å². The Morgan fingerprint density at radius 2 is 1.68 bits per heavy atom. The summed E-state index contributed by atoms with van der Waals surface area (Å²) in [4.78, 5) is 0. The highest BCUT2D eigenvalue weighted by molar-refractivity contribution is 5.57. The number of nitrogens with one attached hydrogen (secondary N) is 1. The van der Waals surface area contributed by atoms with Gasteiger partial charge >= 0.3 is 0 Å². The van der Waals surface area contributed by atoms with Gasteiger partial charge in [-0.2, -0.15) is 0 Å². The van der Waals surface area contributed by atoms with Crippen LogP contribution in [0.25, 0.3) is 0 Å². The zero-order chi connectivity index (χ0) is 15.4. The standard InChI is InChI=1S/C17H17NO4/c19-13-4-2-9-11(17(13)22)7-18-12-3-1-8-5-14(20)15(21)6-10(8)16(9)12/h2,4-6,12,16,18-22H,1,3,7H2/t12-,16+/m1/s1. The molecular formula is C17H17NO4. The average Bonchev–Trinajstić information content (AvgIpc) is 2.51. The number of rotatable bonds is 0. The van der Waals surface area contributed by atoms with Gasteiger partial charge in [0.2, 0.25) is 0 Å². The lowest BCUT2D eigenvalue weighted by atomic mass is 9.72. The minimum Gasteiger partial charge on any atom is -0.504 e. The molecule has 2 aliphatic rings. The van der Waals surface area contributed by atoms with Crippen LogP contribution in [0.1, 0.15) is 34.6 Å². The van der Waals surface area contributed by atoms with Crippen molar-refractivity contribution in [3.63, 3.8) is 0 Å². The number of aromatic hydroxyl groups is 4. The number of hydrogen-bond donors (Lipinski definition) is 5. The van der Waals surface area contributed by atoms with E-state index in [0.717, 1.165) is 29.5 Å². The number of phenols is 4. The second-order valence-electron chi connectivity index (χ2n) is 6.04. The summed E-state index contributed by atoms with van der Waals surface area (Å²) in [6.45, 7) is 0.510. The molecule has 22 heavy (non-hydrogen) atoms. The lowest BCUT2D eigenvalue weighted by Crippen LogP contribution is -2.42. The van der Waals surface area contributed by atoms with E-state index in [9.17, 15) is 20.4 Å². The van der Waals surface area contributed by atoms with Crippen LogP contribution in [0, 0.1) is 0 Å². The van der Waals surface area contributed by atoms with E-state index in [4.69, 9.17) is 0 Å². The summed E-state index contributed by atoms with van der Waals surface area (Å²) >= 11 is 0. The van der Waals surface area contributed by atoms with Gasteiger partial charge in [-0.15, -0.1) is 0 Å². The SMILES string of the molecule is Oc1cc2c(cc1O)[C@@H]1c3ccc(O)c(O)c3CN[C@@H]1CC2. The minimum atomic E-state index is -0.130. The maximum absolute atomic E-state index is 10.1. The summed E-state index contributed by atoms with van der Waals surface area (Å²) in [5.74, 6) is -0.447. The van der Waals surface area contributed by atoms with E-state index in [-0.39, 0.29) is 35.0 Å². The molecule has 2 aromatic carbocycles. The molecule has 2 aromatic rings.